The van der Waals surface area contributed by atoms with Crippen LogP contribution in [0.15, 0.2) is 18.2 Å². The topological polar surface area (TPSA) is 64.0 Å². The van der Waals surface area contributed by atoms with Crippen LogP contribution < -0.4 is 0 Å². The van der Waals surface area contributed by atoms with Gasteiger partial charge in [-0.2, -0.15) is 0 Å². The molecule has 0 bridgehead atoms. The Kier molecular flexibility index (Phi) is 4.52. The molecule has 2 rings (SSSR count). The second-order valence-corrected chi connectivity index (χ2v) is 5.71. The fourth-order valence-corrected chi connectivity index (χ4v) is 2.90. The van der Waals surface area contributed by atoms with Gasteiger partial charge in [-0.15, -0.1) is 0 Å². The third-order valence-corrected chi connectivity index (χ3v) is 4.04. The molecule has 6 heteroatoms. The number of hydrogen-bond donors (Lipinski definition) is 2. The van der Waals surface area contributed by atoms with Crippen molar-refractivity contribution in [1.82, 2.24) is 9.80 Å². The molecule has 0 radical (unpaired) electrons. The normalized spacial score (nSPS) is 22.6. The molecule has 0 aliphatic carbocycles. The van der Waals surface area contributed by atoms with E-state index in [0.717, 1.165) is 13.1 Å². The van der Waals surface area contributed by atoms with Crippen LogP contribution in [-0.2, 0) is 4.79 Å². The predicted octanol–water partition coefficient (Wildman–Crippen LogP) is 1.81. The average Bonchev–Trinajstić information content (AvgIpc) is 2.36. The summed E-state index contributed by atoms with van der Waals surface area (Å²) in [7, 11) is 2.03. The Morgan fingerprint density at radius 2 is 2.15 bits per heavy atom. The quantitative estimate of drug-likeness (QED) is 0.891. The number of aliphatic carboxylic acids is 1. The fourth-order valence-electron chi connectivity index (χ4n) is 2.71. The van der Waals surface area contributed by atoms with Gasteiger partial charge in [0.1, 0.15) is 11.8 Å². The third kappa shape index (κ3) is 3.06. The molecule has 0 saturated carbocycles. The van der Waals surface area contributed by atoms with E-state index in [9.17, 15) is 15.0 Å². The summed E-state index contributed by atoms with van der Waals surface area (Å²) in [4.78, 5) is 15.8. The lowest BCUT2D eigenvalue weighted by atomic mass is 10.0. The number of aromatic hydroxyl groups is 1. The van der Waals surface area contributed by atoms with Gasteiger partial charge in [0.25, 0.3) is 0 Å². The van der Waals surface area contributed by atoms with E-state index in [1.54, 1.807) is 6.07 Å². The zero-order valence-corrected chi connectivity index (χ0v) is 12.3. The van der Waals surface area contributed by atoms with Gasteiger partial charge in [0.05, 0.1) is 5.02 Å². The molecule has 2 atom stereocenters. The highest BCUT2D eigenvalue weighted by Crippen LogP contribution is 2.31. The van der Waals surface area contributed by atoms with Crippen LogP contribution in [0.1, 0.15) is 18.5 Å². The molecule has 1 aliphatic heterocycles. The highest BCUT2D eigenvalue weighted by Gasteiger charge is 2.33. The molecular formula is C14H19ClN2O3. The van der Waals surface area contributed by atoms with E-state index in [1.807, 2.05) is 18.9 Å². The lowest BCUT2D eigenvalue weighted by molar-refractivity contribution is -0.145. The van der Waals surface area contributed by atoms with Gasteiger partial charge in [-0.3, -0.25) is 9.69 Å². The van der Waals surface area contributed by atoms with Crippen LogP contribution in [0.5, 0.6) is 5.75 Å². The Balaban J connectivity index is 2.31. The number of carboxylic acid groups (broad SMARTS) is 1. The molecule has 1 saturated heterocycles. The molecule has 1 aromatic carbocycles. The lowest BCUT2D eigenvalue weighted by Crippen LogP contribution is -2.53. The van der Waals surface area contributed by atoms with E-state index in [-0.39, 0.29) is 16.8 Å². The zero-order valence-electron chi connectivity index (χ0n) is 11.6. The van der Waals surface area contributed by atoms with Gasteiger partial charge in [0.15, 0.2) is 0 Å². The SMILES string of the molecule is CC1CN(C)CCN1C(C(=O)O)c1ccc(O)c(Cl)c1. The number of phenolic OH excluding ortho intramolecular Hbond substituents is 1. The molecule has 2 N–H and O–H groups in total. The fraction of sp³-hybridized carbons (Fsp3) is 0.500. The van der Waals surface area contributed by atoms with Crippen LogP contribution in [0.25, 0.3) is 0 Å². The van der Waals surface area contributed by atoms with Crippen LogP contribution in [0.2, 0.25) is 5.02 Å². The number of benzene rings is 1. The molecule has 1 heterocycles. The number of phenols is 1. The Morgan fingerprint density at radius 3 is 2.70 bits per heavy atom. The highest BCUT2D eigenvalue weighted by molar-refractivity contribution is 6.32. The second-order valence-electron chi connectivity index (χ2n) is 5.30. The minimum Gasteiger partial charge on any atom is -0.506 e. The first-order chi connectivity index (χ1) is 9.40. The molecule has 0 spiro atoms. The van der Waals surface area contributed by atoms with E-state index in [2.05, 4.69) is 4.90 Å². The first-order valence-electron chi connectivity index (χ1n) is 6.55. The summed E-state index contributed by atoms with van der Waals surface area (Å²) >= 11 is 5.89. The first-order valence-corrected chi connectivity index (χ1v) is 6.93. The van der Waals surface area contributed by atoms with Crippen molar-refractivity contribution in [3.8, 4) is 5.75 Å². The molecule has 1 aromatic rings. The smallest absolute Gasteiger partial charge is 0.325 e. The van der Waals surface area contributed by atoms with E-state index in [4.69, 9.17) is 11.6 Å². The molecule has 5 nitrogen and oxygen atoms in total. The number of likely N-dealkylation sites (N-methyl/N-ethyl adjacent to an activating group) is 1. The van der Waals surface area contributed by atoms with Crippen LogP contribution in [0.3, 0.4) is 0 Å². The average molecular weight is 299 g/mol. The van der Waals surface area contributed by atoms with Crippen molar-refractivity contribution in [1.29, 1.82) is 0 Å². The van der Waals surface area contributed by atoms with E-state index in [1.165, 1.54) is 12.1 Å². The maximum Gasteiger partial charge on any atom is 0.325 e. The van der Waals surface area contributed by atoms with E-state index >= 15 is 0 Å². The summed E-state index contributed by atoms with van der Waals surface area (Å²) in [6.45, 7) is 4.37. The van der Waals surface area contributed by atoms with Crippen molar-refractivity contribution in [3.05, 3.63) is 28.8 Å². The van der Waals surface area contributed by atoms with Crippen molar-refractivity contribution in [2.45, 2.75) is 19.0 Å². The Hall–Kier alpha value is -1.30. The maximum absolute atomic E-state index is 11.7. The summed E-state index contributed by atoms with van der Waals surface area (Å²) in [6.07, 6.45) is 0. The van der Waals surface area contributed by atoms with Crippen LogP contribution in [0, 0.1) is 0 Å². The lowest BCUT2D eigenvalue weighted by Gasteiger charge is -2.41. The standard InChI is InChI=1S/C14H19ClN2O3/c1-9-8-16(2)5-6-17(9)13(14(19)20)10-3-4-12(18)11(15)7-10/h3-4,7,9,13,18H,5-6,8H2,1-2H3,(H,19,20). The molecule has 2 unspecified atom stereocenters. The third-order valence-electron chi connectivity index (χ3n) is 3.74. The Morgan fingerprint density at radius 1 is 1.45 bits per heavy atom. The van der Waals surface area contributed by atoms with Crippen molar-refractivity contribution in [2.24, 2.45) is 0 Å². The van der Waals surface area contributed by atoms with Gasteiger partial charge in [0, 0.05) is 25.7 Å². The molecule has 1 aliphatic rings. The van der Waals surface area contributed by atoms with Crippen LogP contribution >= 0.6 is 11.6 Å². The Labute approximate surface area is 123 Å². The maximum atomic E-state index is 11.7. The largest absolute Gasteiger partial charge is 0.506 e. The molecule has 0 aromatic heterocycles. The molecule has 110 valence electrons. The number of piperazine rings is 1. The van der Waals surface area contributed by atoms with E-state index < -0.39 is 12.0 Å². The van der Waals surface area contributed by atoms with Gasteiger partial charge in [-0.05, 0) is 31.7 Å². The van der Waals surface area contributed by atoms with E-state index in [0.29, 0.717) is 12.1 Å². The minimum absolute atomic E-state index is 0.0361. The monoisotopic (exact) mass is 298 g/mol. The summed E-state index contributed by atoms with van der Waals surface area (Å²) < 4.78 is 0. The Bertz CT molecular complexity index is 509. The molecule has 20 heavy (non-hydrogen) atoms. The number of carboxylic acids is 1. The first kappa shape index (κ1) is 15.1. The summed E-state index contributed by atoms with van der Waals surface area (Å²) in [5.41, 5.74) is 0.594. The predicted molar refractivity (Wildman–Crippen MR) is 77.2 cm³/mol. The molecule has 0 amide bonds. The van der Waals surface area contributed by atoms with Crippen molar-refractivity contribution in [2.75, 3.05) is 26.7 Å². The zero-order chi connectivity index (χ0) is 14.9. The summed E-state index contributed by atoms with van der Waals surface area (Å²) in [5.74, 6) is -0.936. The highest BCUT2D eigenvalue weighted by atomic mass is 35.5. The van der Waals surface area contributed by atoms with Gasteiger partial charge < -0.3 is 15.1 Å². The van der Waals surface area contributed by atoms with Crippen molar-refractivity contribution >= 4 is 17.6 Å². The van der Waals surface area contributed by atoms with Gasteiger partial charge in [0.2, 0.25) is 0 Å². The van der Waals surface area contributed by atoms with Crippen LogP contribution in [0.4, 0.5) is 0 Å². The number of nitrogens with zero attached hydrogens (tertiary/aromatic N) is 2. The van der Waals surface area contributed by atoms with Crippen molar-refractivity contribution in [3.63, 3.8) is 0 Å². The van der Waals surface area contributed by atoms with Crippen molar-refractivity contribution < 1.29 is 15.0 Å². The molecular weight excluding hydrogens is 280 g/mol. The number of rotatable bonds is 3. The minimum atomic E-state index is -0.900. The number of carbonyl (C=O) groups is 1. The number of halogens is 1. The van der Waals surface area contributed by atoms with Crippen LogP contribution in [-0.4, -0.2) is 58.7 Å². The summed E-state index contributed by atoms with van der Waals surface area (Å²) in [5, 5.41) is 19.2. The van der Waals surface area contributed by atoms with Gasteiger partial charge in [-0.25, -0.2) is 0 Å². The number of hydrogen-bond acceptors (Lipinski definition) is 4. The summed E-state index contributed by atoms with van der Waals surface area (Å²) in [6, 6.07) is 3.99. The van der Waals surface area contributed by atoms with Gasteiger partial charge >= 0.3 is 5.97 Å². The van der Waals surface area contributed by atoms with Gasteiger partial charge in [-0.1, -0.05) is 17.7 Å². The molecule has 1 fully saturated rings. The second kappa shape index (κ2) is 5.99.